The highest BCUT2D eigenvalue weighted by atomic mass is 35.5. The molecule has 1 amide bonds. The predicted molar refractivity (Wildman–Crippen MR) is 85.2 cm³/mol. The molecule has 3 N–H and O–H groups in total. The second-order valence-electron chi connectivity index (χ2n) is 4.89. The van der Waals surface area contributed by atoms with E-state index in [1.165, 1.54) is 17.0 Å². The van der Waals surface area contributed by atoms with Crippen molar-refractivity contribution in [2.24, 2.45) is 5.73 Å². The van der Waals surface area contributed by atoms with Crippen LogP contribution in [-0.2, 0) is 10.0 Å². The Morgan fingerprint density at radius 3 is 2.52 bits per heavy atom. The number of carbonyl (C=O) groups excluding carboxylic acids is 1. The number of amides is 1. The van der Waals surface area contributed by atoms with Gasteiger partial charge in [0.05, 0.1) is 4.90 Å². The molecule has 0 saturated carbocycles. The molecule has 0 aliphatic rings. The van der Waals surface area contributed by atoms with Crippen molar-refractivity contribution in [3.63, 3.8) is 0 Å². The van der Waals surface area contributed by atoms with Gasteiger partial charge in [0.15, 0.2) is 0 Å². The van der Waals surface area contributed by atoms with Crippen LogP contribution in [0.5, 0.6) is 0 Å². The number of hydrogen-bond acceptors (Lipinski definition) is 4. The van der Waals surface area contributed by atoms with Gasteiger partial charge >= 0.3 is 0 Å². The zero-order valence-electron chi connectivity index (χ0n) is 12.4. The number of halogens is 1. The number of carbonyl (C=O) groups is 1. The maximum absolute atomic E-state index is 12.1. The molecular formula is C13H22ClN3O3S. The fraction of sp³-hybridized carbons (Fsp3) is 0.462. The largest absolute Gasteiger partial charge is 0.345 e. The standard InChI is InChI=1S/C13H21N3O3S.ClH/c1-10(14)7-8-15-20(18,19)12-6-4-5-11(9-12)13(17)16(2)3;/h4-6,9-10,15H,7-8,14H2,1-3H3;1H. The van der Waals surface area contributed by atoms with Crippen molar-refractivity contribution >= 4 is 28.3 Å². The van der Waals surface area contributed by atoms with Gasteiger partial charge in [-0.05, 0) is 31.5 Å². The Balaban J connectivity index is 0.00000400. The molecule has 0 aliphatic carbocycles. The van der Waals surface area contributed by atoms with Gasteiger partial charge in [0, 0.05) is 32.2 Å². The number of hydrogen-bond donors (Lipinski definition) is 2. The second-order valence-corrected chi connectivity index (χ2v) is 6.66. The highest BCUT2D eigenvalue weighted by Crippen LogP contribution is 2.12. The van der Waals surface area contributed by atoms with Gasteiger partial charge in [-0.2, -0.15) is 0 Å². The summed E-state index contributed by atoms with van der Waals surface area (Å²) in [7, 11) is -0.383. The Kier molecular flexibility index (Phi) is 7.87. The fourth-order valence-corrected chi connectivity index (χ4v) is 2.65. The minimum absolute atomic E-state index is 0. The van der Waals surface area contributed by atoms with Crippen LogP contribution in [0, 0.1) is 0 Å². The Hall–Kier alpha value is -1.15. The van der Waals surface area contributed by atoms with Gasteiger partial charge in [-0.3, -0.25) is 4.79 Å². The quantitative estimate of drug-likeness (QED) is 0.805. The van der Waals surface area contributed by atoms with Gasteiger partial charge in [-0.25, -0.2) is 13.1 Å². The van der Waals surface area contributed by atoms with Crippen LogP contribution in [-0.4, -0.2) is 45.9 Å². The van der Waals surface area contributed by atoms with Crippen molar-refractivity contribution in [3.05, 3.63) is 29.8 Å². The summed E-state index contributed by atoms with van der Waals surface area (Å²) in [5, 5.41) is 0. The number of nitrogens with one attached hydrogen (secondary N) is 1. The van der Waals surface area contributed by atoms with Gasteiger partial charge in [0.1, 0.15) is 0 Å². The summed E-state index contributed by atoms with van der Waals surface area (Å²) in [4.78, 5) is 13.3. The van der Waals surface area contributed by atoms with E-state index >= 15 is 0 Å². The number of rotatable bonds is 6. The van der Waals surface area contributed by atoms with Crippen molar-refractivity contribution in [2.45, 2.75) is 24.3 Å². The minimum Gasteiger partial charge on any atom is -0.345 e. The van der Waals surface area contributed by atoms with E-state index in [1.807, 2.05) is 6.92 Å². The summed E-state index contributed by atoms with van der Waals surface area (Å²) in [6.45, 7) is 2.08. The lowest BCUT2D eigenvalue weighted by atomic mass is 10.2. The lowest BCUT2D eigenvalue weighted by Crippen LogP contribution is -2.29. The van der Waals surface area contributed by atoms with Crippen molar-refractivity contribution in [3.8, 4) is 0 Å². The van der Waals surface area contributed by atoms with Crippen LogP contribution in [0.25, 0.3) is 0 Å². The molecule has 6 nitrogen and oxygen atoms in total. The van der Waals surface area contributed by atoms with E-state index in [2.05, 4.69) is 4.72 Å². The van der Waals surface area contributed by atoms with E-state index in [9.17, 15) is 13.2 Å². The zero-order chi connectivity index (χ0) is 15.3. The summed E-state index contributed by atoms with van der Waals surface area (Å²) < 4.78 is 26.6. The molecule has 0 radical (unpaired) electrons. The average molecular weight is 336 g/mol. The normalized spacial score (nSPS) is 12.4. The highest BCUT2D eigenvalue weighted by Gasteiger charge is 2.16. The maximum atomic E-state index is 12.1. The highest BCUT2D eigenvalue weighted by molar-refractivity contribution is 7.89. The van der Waals surface area contributed by atoms with Crippen molar-refractivity contribution in [2.75, 3.05) is 20.6 Å². The second kappa shape index (κ2) is 8.33. The molecule has 1 aromatic carbocycles. The van der Waals surface area contributed by atoms with Gasteiger partial charge in [0.2, 0.25) is 10.0 Å². The molecule has 1 aromatic rings. The monoisotopic (exact) mass is 335 g/mol. The molecular weight excluding hydrogens is 314 g/mol. The lowest BCUT2D eigenvalue weighted by molar-refractivity contribution is 0.0827. The molecule has 0 saturated heterocycles. The van der Waals surface area contributed by atoms with Gasteiger partial charge in [-0.1, -0.05) is 6.07 Å². The SMILES string of the molecule is CC(N)CCNS(=O)(=O)c1cccc(C(=O)N(C)C)c1.Cl. The van der Waals surface area contributed by atoms with Gasteiger partial charge in [-0.15, -0.1) is 12.4 Å². The predicted octanol–water partition coefficient (Wildman–Crippen LogP) is 0.826. The summed E-state index contributed by atoms with van der Waals surface area (Å²) in [6.07, 6.45) is 0.551. The van der Waals surface area contributed by atoms with Crippen molar-refractivity contribution in [1.82, 2.24) is 9.62 Å². The van der Waals surface area contributed by atoms with E-state index in [1.54, 1.807) is 26.2 Å². The first-order valence-electron chi connectivity index (χ1n) is 6.31. The van der Waals surface area contributed by atoms with Gasteiger partial charge in [0.25, 0.3) is 5.91 Å². The first-order valence-corrected chi connectivity index (χ1v) is 7.79. The Bertz CT molecular complexity index is 574. The Morgan fingerprint density at radius 1 is 1.38 bits per heavy atom. The molecule has 8 heteroatoms. The Morgan fingerprint density at radius 2 is 2.00 bits per heavy atom. The molecule has 0 fully saturated rings. The van der Waals surface area contributed by atoms with E-state index in [4.69, 9.17) is 5.73 Å². The fourth-order valence-electron chi connectivity index (χ4n) is 1.56. The molecule has 1 rings (SSSR count). The molecule has 0 heterocycles. The van der Waals surface area contributed by atoms with Crippen LogP contribution in [0.4, 0.5) is 0 Å². The summed E-state index contributed by atoms with van der Waals surface area (Å²) in [5.41, 5.74) is 5.91. The molecule has 21 heavy (non-hydrogen) atoms. The molecule has 0 spiro atoms. The summed E-state index contributed by atoms with van der Waals surface area (Å²) in [5.74, 6) is -0.238. The van der Waals surface area contributed by atoms with E-state index < -0.39 is 10.0 Å². The molecule has 0 aliphatic heterocycles. The van der Waals surface area contributed by atoms with E-state index in [0.717, 1.165) is 0 Å². The summed E-state index contributed by atoms with van der Waals surface area (Å²) in [6, 6.07) is 5.90. The van der Waals surface area contributed by atoms with E-state index in [0.29, 0.717) is 12.0 Å². The lowest BCUT2D eigenvalue weighted by Gasteiger charge is -2.12. The number of nitrogens with zero attached hydrogens (tertiary/aromatic N) is 1. The van der Waals surface area contributed by atoms with Gasteiger partial charge < -0.3 is 10.6 Å². The van der Waals surface area contributed by atoms with Crippen molar-refractivity contribution < 1.29 is 13.2 Å². The smallest absolute Gasteiger partial charge is 0.253 e. The maximum Gasteiger partial charge on any atom is 0.253 e. The zero-order valence-corrected chi connectivity index (χ0v) is 14.0. The average Bonchev–Trinajstić information content (AvgIpc) is 2.37. The summed E-state index contributed by atoms with van der Waals surface area (Å²) >= 11 is 0. The van der Waals surface area contributed by atoms with Crippen molar-refractivity contribution in [1.29, 1.82) is 0 Å². The third kappa shape index (κ3) is 6.01. The molecule has 1 atom stereocenters. The first kappa shape index (κ1) is 19.9. The molecule has 1 unspecified atom stereocenters. The van der Waals surface area contributed by atoms with E-state index in [-0.39, 0.29) is 35.8 Å². The third-order valence-corrected chi connectivity index (χ3v) is 4.15. The third-order valence-electron chi connectivity index (χ3n) is 2.69. The van der Waals surface area contributed by atoms with Crippen LogP contribution in [0.3, 0.4) is 0 Å². The molecule has 120 valence electrons. The minimum atomic E-state index is -3.61. The molecule has 0 aromatic heterocycles. The van der Waals surface area contributed by atoms with Crippen LogP contribution in [0.15, 0.2) is 29.2 Å². The number of benzene rings is 1. The van der Waals surface area contributed by atoms with Crippen LogP contribution in [0.2, 0.25) is 0 Å². The molecule has 0 bridgehead atoms. The Labute approximate surface area is 132 Å². The van der Waals surface area contributed by atoms with Crippen LogP contribution >= 0.6 is 12.4 Å². The van der Waals surface area contributed by atoms with Crippen LogP contribution < -0.4 is 10.5 Å². The number of nitrogens with two attached hydrogens (primary N) is 1. The first-order chi connectivity index (χ1) is 9.24. The van der Waals surface area contributed by atoms with Crippen LogP contribution in [0.1, 0.15) is 23.7 Å². The number of sulfonamides is 1. The topological polar surface area (TPSA) is 92.5 Å².